The predicted octanol–water partition coefficient (Wildman–Crippen LogP) is 6.71. The van der Waals surface area contributed by atoms with Crippen LogP contribution in [0.5, 0.6) is 0 Å². The highest BCUT2D eigenvalue weighted by atomic mass is 35.5. The van der Waals surface area contributed by atoms with E-state index in [1.165, 1.54) is 5.56 Å². The van der Waals surface area contributed by atoms with Gasteiger partial charge in [-0.25, -0.2) is 8.42 Å². The number of hydrogen-bond acceptors (Lipinski definition) is 2. The van der Waals surface area contributed by atoms with Gasteiger partial charge in [-0.05, 0) is 61.8 Å². The summed E-state index contributed by atoms with van der Waals surface area (Å²) in [6, 6.07) is 15.3. The topological polar surface area (TPSA) is 37.4 Å². The number of halogens is 1. The molecule has 2 aromatic rings. The van der Waals surface area contributed by atoms with Crippen LogP contribution in [0.15, 0.2) is 71.2 Å². The van der Waals surface area contributed by atoms with Crippen LogP contribution >= 0.6 is 11.6 Å². The quantitative estimate of drug-likeness (QED) is 0.468. The van der Waals surface area contributed by atoms with Crippen molar-refractivity contribution in [3.8, 4) is 0 Å². The number of aryl methyl sites for hydroxylation is 2. The number of allylic oxidation sites excluding steroid dienone is 2. The molecule has 0 aromatic heterocycles. The van der Waals surface area contributed by atoms with Crippen LogP contribution in [0.25, 0.3) is 5.03 Å². The molecular formula is C27H32ClNO2S. The second-order valence-corrected chi connectivity index (χ2v) is 12.6. The van der Waals surface area contributed by atoms with Crippen LogP contribution in [0.4, 0.5) is 0 Å². The molecule has 1 aliphatic carbocycles. The normalized spacial score (nSPS) is 25.2. The molecule has 0 unspecified atom stereocenters. The van der Waals surface area contributed by atoms with E-state index in [2.05, 4.69) is 45.1 Å². The molecular weight excluding hydrogens is 438 g/mol. The van der Waals surface area contributed by atoms with E-state index in [1.54, 1.807) is 16.4 Å². The van der Waals surface area contributed by atoms with Crippen molar-refractivity contribution in [2.75, 3.05) is 13.1 Å². The lowest BCUT2D eigenvalue weighted by molar-refractivity contribution is 0.209. The van der Waals surface area contributed by atoms with Gasteiger partial charge in [0.25, 0.3) is 0 Å². The maximum absolute atomic E-state index is 13.6. The van der Waals surface area contributed by atoms with E-state index in [9.17, 15) is 8.42 Å². The lowest BCUT2D eigenvalue weighted by atomic mass is 9.68. The molecule has 0 radical (unpaired) electrons. The second kappa shape index (κ2) is 8.48. The van der Waals surface area contributed by atoms with Crippen LogP contribution in [0.3, 0.4) is 0 Å². The van der Waals surface area contributed by atoms with Gasteiger partial charge in [0.2, 0.25) is 10.0 Å². The third-order valence-corrected chi connectivity index (χ3v) is 9.10. The smallest absolute Gasteiger partial charge is 0.207 e. The molecule has 1 heterocycles. The molecule has 4 rings (SSSR count). The molecule has 1 fully saturated rings. The molecule has 2 aromatic carbocycles. The van der Waals surface area contributed by atoms with E-state index in [-0.39, 0.29) is 10.8 Å². The highest BCUT2D eigenvalue weighted by Gasteiger charge is 2.50. The van der Waals surface area contributed by atoms with E-state index in [0.29, 0.717) is 23.0 Å². The molecule has 1 atom stereocenters. The number of sulfonamides is 1. The molecule has 1 saturated heterocycles. The summed E-state index contributed by atoms with van der Waals surface area (Å²) in [5, 5.41) is 0.692. The van der Waals surface area contributed by atoms with Crippen LogP contribution in [-0.2, 0) is 10.0 Å². The van der Waals surface area contributed by atoms with Gasteiger partial charge in [0.1, 0.15) is 0 Å². The van der Waals surface area contributed by atoms with Crippen molar-refractivity contribution in [3.05, 3.63) is 82.9 Å². The summed E-state index contributed by atoms with van der Waals surface area (Å²) < 4.78 is 28.9. The summed E-state index contributed by atoms with van der Waals surface area (Å²) in [6.07, 6.45) is 7.13. The summed E-state index contributed by atoms with van der Waals surface area (Å²) >= 11 is 7.05. The van der Waals surface area contributed by atoms with E-state index in [4.69, 9.17) is 11.6 Å². The van der Waals surface area contributed by atoms with Crippen molar-refractivity contribution in [1.29, 1.82) is 0 Å². The van der Waals surface area contributed by atoms with E-state index >= 15 is 0 Å². The molecule has 2 aliphatic rings. The van der Waals surface area contributed by atoms with Crippen LogP contribution in [0.2, 0.25) is 0 Å². The van der Waals surface area contributed by atoms with E-state index in [0.717, 1.165) is 36.0 Å². The van der Waals surface area contributed by atoms with Crippen molar-refractivity contribution in [1.82, 2.24) is 4.31 Å². The zero-order valence-electron chi connectivity index (χ0n) is 19.4. The Kier molecular flexibility index (Phi) is 6.17. The van der Waals surface area contributed by atoms with Crippen LogP contribution < -0.4 is 0 Å². The van der Waals surface area contributed by atoms with Crippen LogP contribution in [0.1, 0.15) is 49.8 Å². The fraction of sp³-hybridized carbons (Fsp3) is 0.407. The Hall–Kier alpha value is -1.88. The van der Waals surface area contributed by atoms with Gasteiger partial charge >= 0.3 is 0 Å². The maximum Gasteiger partial charge on any atom is 0.243 e. The highest BCUT2D eigenvalue weighted by Crippen LogP contribution is 2.53. The maximum atomic E-state index is 13.6. The Labute approximate surface area is 197 Å². The summed E-state index contributed by atoms with van der Waals surface area (Å²) in [5.41, 5.74) is 3.96. The molecule has 0 amide bonds. The summed E-state index contributed by atoms with van der Waals surface area (Å²) in [6.45, 7) is 9.32. The van der Waals surface area contributed by atoms with Crippen molar-refractivity contribution in [2.24, 2.45) is 10.8 Å². The Morgan fingerprint density at radius 3 is 2.09 bits per heavy atom. The molecule has 170 valence electrons. The highest BCUT2D eigenvalue weighted by molar-refractivity contribution is 7.89. The Morgan fingerprint density at radius 1 is 0.906 bits per heavy atom. The third kappa shape index (κ3) is 4.46. The number of nitrogens with zero attached hydrogens (tertiary/aromatic N) is 1. The van der Waals surface area contributed by atoms with E-state index in [1.807, 2.05) is 31.2 Å². The molecule has 3 nitrogen and oxygen atoms in total. The Balaban J connectivity index is 1.83. The van der Waals surface area contributed by atoms with Gasteiger partial charge in [0.15, 0.2) is 0 Å². The average molecular weight is 470 g/mol. The monoisotopic (exact) mass is 469 g/mol. The van der Waals surface area contributed by atoms with Gasteiger partial charge in [-0.2, -0.15) is 4.31 Å². The van der Waals surface area contributed by atoms with Crippen molar-refractivity contribution in [3.63, 3.8) is 0 Å². The van der Waals surface area contributed by atoms with E-state index < -0.39 is 10.0 Å². The number of rotatable bonds is 3. The average Bonchev–Trinajstić information content (AvgIpc) is 3.02. The molecule has 0 saturated carbocycles. The first kappa shape index (κ1) is 23.3. The lowest BCUT2D eigenvalue weighted by Gasteiger charge is -2.36. The van der Waals surface area contributed by atoms with Crippen molar-refractivity contribution in [2.45, 2.75) is 51.9 Å². The fourth-order valence-corrected chi connectivity index (χ4v) is 7.04. The minimum absolute atomic E-state index is 0.0618. The zero-order valence-corrected chi connectivity index (χ0v) is 20.9. The van der Waals surface area contributed by atoms with Gasteiger partial charge in [0, 0.05) is 23.5 Å². The SMILES string of the molecule is Cc1ccc(/C(Cl)=C2/CN(S(=O)(=O)c3ccc(C)cc3)C[C@]23CC=CCC(C)(C)C3)cc1. The number of benzene rings is 2. The van der Waals surface area contributed by atoms with Crippen LogP contribution in [0, 0.1) is 24.7 Å². The first-order chi connectivity index (χ1) is 15.0. The minimum atomic E-state index is -3.62. The molecule has 0 bridgehead atoms. The van der Waals surface area contributed by atoms with Crippen LogP contribution in [-0.4, -0.2) is 25.8 Å². The first-order valence-corrected chi connectivity index (χ1v) is 13.0. The predicted molar refractivity (Wildman–Crippen MR) is 133 cm³/mol. The Bertz CT molecular complexity index is 1160. The number of hydrogen-bond donors (Lipinski definition) is 0. The summed E-state index contributed by atoms with van der Waals surface area (Å²) in [7, 11) is -3.62. The molecule has 1 aliphatic heterocycles. The van der Waals surface area contributed by atoms with Gasteiger partial charge in [-0.3, -0.25) is 0 Å². The molecule has 1 spiro atoms. The standard InChI is InChI=1S/C27H32ClNO2S/c1-20-7-11-22(12-8-20)25(28)24-17-29(32(30,31)23-13-9-21(2)10-14-23)19-27(24)16-6-5-15-26(3,4)18-27/h5-14H,15-19H2,1-4H3/b25-24+/t27-/m1/s1. The van der Waals surface area contributed by atoms with Gasteiger partial charge in [-0.15, -0.1) is 0 Å². The van der Waals surface area contributed by atoms with Gasteiger partial charge in [0.05, 0.1) is 4.90 Å². The Morgan fingerprint density at radius 2 is 1.47 bits per heavy atom. The van der Waals surface area contributed by atoms with Crippen molar-refractivity contribution >= 4 is 26.7 Å². The summed E-state index contributed by atoms with van der Waals surface area (Å²) in [5.74, 6) is 0. The third-order valence-electron chi connectivity index (χ3n) is 6.85. The zero-order chi connectivity index (χ0) is 23.1. The minimum Gasteiger partial charge on any atom is -0.207 e. The summed E-state index contributed by atoms with van der Waals surface area (Å²) in [4.78, 5) is 0.342. The fourth-order valence-electron chi connectivity index (χ4n) is 5.16. The molecule has 5 heteroatoms. The van der Waals surface area contributed by atoms with Gasteiger partial charge < -0.3 is 0 Å². The molecule has 32 heavy (non-hydrogen) atoms. The largest absolute Gasteiger partial charge is 0.243 e. The second-order valence-electron chi connectivity index (χ2n) is 10.2. The molecule has 0 N–H and O–H groups in total. The first-order valence-electron chi connectivity index (χ1n) is 11.2. The van der Waals surface area contributed by atoms with Gasteiger partial charge in [-0.1, -0.05) is 85.1 Å². The van der Waals surface area contributed by atoms with Crippen molar-refractivity contribution < 1.29 is 8.42 Å². The lowest BCUT2D eigenvalue weighted by Crippen LogP contribution is -2.34.